The van der Waals surface area contributed by atoms with Gasteiger partial charge in [-0.1, -0.05) is 32.9 Å². The van der Waals surface area contributed by atoms with Crippen molar-refractivity contribution in [1.29, 1.82) is 0 Å². The lowest BCUT2D eigenvalue weighted by molar-refractivity contribution is -0.0943. The molecule has 2 nitrogen and oxygen atoms in total. The topological polar surface area (TPSA) is 26.3 Å². The second-order valence-electron chi connectivity index (χ2n) is 8.41. The van der Waals surface area contributed by atoms with E-state index in [-0.39, 0.29) is 11.5 Å². The largest absolute Gasteiger partial charge is 0.366 e. The van der Waals surface area contributed by atoms with Gasteiger partial charge in [0.1, 0.15) is 11.5 Å². The van der Waals surface area contributed by atoms with E-state index in [1.54, 1.807) is 0 Å². The van der Waals surface area contributed by atoms with E-state index in [1.807, 2.05) is 0 Å². The Kier molecular flexibility index (Phi) is 3.66. The first kappa shape index (κ1) is 15.1. The van der Waals surface area contributed by atoms with Crippen molar-refractivity contribution in [2.75, 3.05) is 0 Å². The molecule has 2 saturated carbocycles. The summed E-state index contributed by atoms with van der Waals surface area (Å²) in [6.07, 6.45) is 10.5. The molecule has 3 rings (SSSR count). The highest BCUT2D eigenvalue weighted by molar-refractivity contribution is 5.62. The van der Waals surface area contributed by atoms with Gasteiger partial charge in [0, 0.05) is 11.8 Å². The third kappa shape index (κ3) is 2.53. The van der Waals surface area contributed by atoms with Crippen LogP contribution in [0, 0.1) is 23.2 Å². The maximum absolute atomic E-state index is 11.4. The molecule has 3 atom stereocenters. The van der Waals surface area contributed by atoms with Crippen LogP contribution in [0.15, 0.2) is 17.7 Å². The Morgan fingerprint density at radius 3 is 2.43 bits per heavy atom. The second kappa shape index (κ2) is 5.11. The monoisotopic (exact) mass is 288 g/mol. The molecule has 0 amide bonds. The summed E-state index contributed by atoms with van der Waals surface area (Å²) in [6.45, 7) is 9.13. The molecule has 3 unspecified atom stereocenters. The minimum atomic E-state index is -0.388. The average molecular weight is 288 g/mol. The molecule has 0 aromatic carbocycles. The van der Waals surface area contributed by atoms with Gasteiger partial charge in [-0.25, -0.2) is 4.79 Å². The van der Waals surface area contributed by atoms with Crippen LogP contribution in [0.3, 0.4) is 0 Å². The van der Waals surface area contributed by atoms with Crippen molar-refractivity contribution >= 4 is 5.94 Å². The van der Waals surface area contributed by atoms with E-state index in [4.69, 9.17) is 4.74 Å². The minimum Gasteiger partial charge on any atom is -0.366 e. The molecule has 3 aliphatic rings. The number of ether oxygens (including phenoxy) is 1. The Labute approximate surface area is 128 Å². The van der Waals surface area contributed by atoms with E-state index in [9.17, 15) is 4.79 Å². The second-order valence-corrected chi connectivity index (χ2v) is 8.41. The van der Waals surface area contributed by atoms with Crippen LogP contribution in [0.4, 0.5) is 0 Å². The van der Waals surface area contributed by atoms with Crippen molar-refractivity contribution in [3.63, 3.8) is 0 Å². The first-order valence-electron chi connectivity index (χ1n) is 8.46. The maximum atomic E-state index is 11.4. The molecule has 0 radical (unpaired) electrons. The zero-order valence-electron chi connectivity index (χ0n) is 13.8. The number of allylic oxidation sites excluding steroid dienone is 1. The molecule has 0 heterocycles. The third-order valence-corrected chi connectivity index (χ3v) is 6.12. The first-order valence-corrected chi connectivity index (χ1v) is 8.46. The van der Waals surface area contributed by atoms with Gasteiger partial charge < -0.3 is 4.74 Å². The quantitative estimate of drug-likeness (QED) is 0.558. The van der Waals surface area contributed by atoms with E-state index in [2.05, 4.69) is 45.8 Å². The molecule has 2 bridgehead atoms. The van der Waals surface area contributed by atoms with Gasteiger partial charge >= 0.3 is 0 Å². The molecule has 2 fully saturated rings. The lowest BCUT2D eigenvalue weighted by atomic mass is 9.71. The molecule has 0 saturated heterocycles. The predicted molar refractivity (Wildman–Crippen MR) is 84.6 cm³/mol. The standard InChI is InChI=1S/C19H28O2/c1-18(2,3)14-7-9-16(10-8-14)21-19(4)15-6-5-13(11-15)17(19)12-20/h5-6,13-16H,7-11H2,1-4H3. The fourth-order valence-corrected chi connectivity index (χ4v) is 4.61. The normalized spacial score (nSPS) is 42.4. The van der Waals surface area contributed by atoms with Crippen LogP contribution in [0.1, 0.15) is 59.8 Å². The van der Waals surface area contributed by atoms with Gasteiger partial charge in [-0.3, -0.25) is 0 Å². The SMILES string of the molecule is CC(C)(C)C1CCC(OC2(C)C(=C=O)C3C=CC2C3)CC1. The molecule has 0 spiro atoms. The number of carbonyl (C=O) groups excluding carboxylic acids is 1. The van der Waals surface area contributed by atoms with Crippen LogP contribution in [-0.2, 0) is 9.53 Å². The summed E-state index contributed by atoms with van der Waals surface area (Å²) in [6, 6.07) is 0. The summed E-state index contributed by atoms with van der Waals surface area (Å²) in [5.41, 5.74) is 0.867. The van der Waals surface area contributed by atoms with Crippen LogP contribution in [0.5, 0.6) is 0 Å². The Morgan fingerprint density at radius 2 is 1.86 bits per heavy atom. The molecule has 21 heavy (non-hydrogen) atoms. The van der Waals surface area contributed by atoms with Gasteiger partial charge in [-0.2, -0.15) is 0 Å². The number of hydrogen-bond acceptors (Lipinski definition) is 2. The third-order valence-electron chi connectivity index (χ3n) is 6.12. The maximum Gasteiger partial charge on any atom is 0.127 e. The molecule has 3 aliphatic carbocycles. The summed E-state index contributed by atoms with van der Waals surface area (Å²) in [7, 11) is 0. The summed E-state index contributed by atoms with van der Waals surface area (Å²) in [5.74, 6) is 3.65. The van der Waals surface area contributed by atoms with Crippen LogP contribution in [-0.4, -0.2) is 17.6 Å². The van der Waals surface area contributed by atoms with Crippen LogP contribution in [0.2, 0.25) is 0 Å². The van der Waals surface area contributed by atoms with E-state index < -0.39 is 0 Å². The fraction of sp³-hybridized carbons (Fsp3) is 0.789. The molecular weight excluding hydrogens is 260 g/mol. The molecule has 0 aliphatic heterocycles. The first-order chi connectivity index (χ1) is 9.84. The van der Waals surface area contributed by atoms with Crippen molar-refractivity contribution in [2.45, 2.75) is 71.5 Å². The number of hydrogen-bond donors (Lipinski definition) is 0. The summed E-state index contributed by atoms with van der Waals surface area (Å²) >= 11 is 0. The molecule has 0 aromatic rings. The fourth-order valence-electron chi connectivity index (χ4n) is 4.61. The van der Waals surface area contributed by atoms with E-state index in [0.717, 1.165) is 30.8 Å². The van der Waals surface area contributed by atoms with Crippen LogP contribution < -0.4 is 0 Å². The summed E-state index contributed by atoms with van der Waals surface area (Å²) < 4.78 is 6.49. The lowest BCUT2D eigenvalue weighted by Crippen LogP contribution is -2.41. The lowest BCUT2D eigenvalue weighted by Gasteiger charge is -2.41. The van der Waals surface area contributed by atoms with Crippen molar-refractivity contribution in [3.05, 3.63) is 17.7 Å². The average Bonchev–Trinajstić information content (AvgIpc) is 2.97. The van der Waals surface area contributed by atoms with Crippen molar-refractivity contribution < 1.29 is 9.53 Å². The van der Waals surface area contributed by atoms with Crippen molar-refractivity contribution in [2.24, 2.45) is 23.2 Å². The Balaban J connectivity index is 1.66. The smallest absolute Gasteiger partial charge is 0.127 e. The Bertz CT molecular complexity index is 484. The van der Waals surface area contributed by atoms with Crippen LogP contribution >= 0.6 is 0 Å². The van der Waals surface area contributed by atoms with Gasteiger partial charge in [0.15, 0.2) is 0 Å². The number of rotatable bonds is 2. The van der Waals surface area contributed by atoms with Gasteiger partial charge in [-0.15, -0.1) is 0 Å². The van der Waals surface area contributed by atoms with Gasteiger partial charge in [0.2, 0.25) is 0 Å². The highest BCUT2D eigenvalue weighted by atomic mass is 16.5. The molecule has 2 heteroatoms. The highest BCUT2D eigenvalue weighted by Crippen LogP contribution is 2.52. The number of fused-ring (bicyclic) bond motifs is 2. The summed E-state index contributed by atoms with van der Waals surface area (Å²) in [4.78, 5) is 11.4. The van der Waals surface area contributed by atoms with Crippen molar-refractivity contribution in [1.82, 2.24) is 0 Å². The zero-order chi connectivity index (χ0) is 15.3. The van der Waals surface area contributed by atoms with E-state index >= 15 is 0 Å². The van der Waals surface area contributed by atoms with Gasteiger partial charge in [0.05, 0.1) is 11.7 Å². The molecule has 0 aromatic heterocycles. The molecule has 0 N–H and O–H groups in total. The summed E-state index contributed by atoms with van der Waals surface area (Å²) in [5, 5.41) is 0. The Morgan fingerprint density at radius 1 is 1.19 bits per heavy atom. The van der Waals surface area contributed by atoms with Crippen molar-refractivity contribution in [3.8, 4) is 0 Å². The minimum absolute atomic E-state index is 0.281. The van der Waals surface area contributed by atoms with Crippen LogP contribution in [0.25, 0.3) is 0 Å². The highest BCUT2D eigenvalue weighted by Gasteiger charge is 2.52. The van der Waals surface area contributed by atoms with Gasteiger partial charge in [0.25, 0.3) is 0 Å². The van der Waals surface area contributed by atoms with Gasteiger partial charge in [-0.05, 0) is 50.4 Å². The molecule has 116 valence electrons. The van der Waals surface area contributed by atoms with E-state index in [1.165, 1.54) is 12.8 Å². The van der Waals surface area contributed by atoms with E-state index in [0.29, 0.717) is 17.4 Å². The zero-order valence-corrected chi connectivity index (χ0v) is 13.8. The molecular formula is C19H28O2. The Hall–Kier alpha value is -0.850. The predicted octanol–water partition coefficient (Wildman–Crippen LogP) is 4.33.